The van der Waals surface area contributed by atoms with Crippen molar-refractivity contribution < 1.29 is 19.4 Å². The van der Waals surface area contributed by atoms with Crippen molar-refractivity contribution in [3.63, 3.8) is 0 Å². The largest absolute Gasteiger partial charge is 0.497 e. The molecule has 1 N–H and O–H groups in total. The van der Waals surface area contributed by atoms with E-state index in [0.29, 0.717) is 12.2 Å². The number of methoxy groups -OCH3 is 1. The van der Waals surface area contributed by atoms with Crippen molar-refractivity contribution in [2.75, 3.05) is 12.0 Å². The zero-order chi connectivity index (χ0) is 18.0. The first-order valence-corrected chi connectivity index (χ1v) is 8.27. The van der Waals surface area contributed by atoms with E-state index in [1.54, 1.807) is 18.9 Å². The van der Waals surface area contributed by atoms with Gasteiger partial charge in [0.2, 0.25) is 5.91 Å². The fourth-order valence-corrected chi connectivity index (χ4v) is 3.67. The predicted octanol–water partition coefficient (Wildman–Crippen LogP) is 3.75. The minimum atomic E-state index is -0.836. The molecule has 2 atom stereocenters. The van der Waals surface area contributed by atoms with Crippen LogP contribution < -0.4 is 9.64 Å². The van der Waals surface area contributed by atoms with Gasteiger partial charge in [0.15, 0.2) is 0 Å². The van der Waals surface area contributed by atoms with E-state index in [4.69, 9.17) is 9.84 Å². The molecule has 2 aromatic carbocycles. The van der Waals surface area contributed by atoms with E-state index in [1.165, 1.54) is 0 Å². The van der Waals surface area contributed by atoms with Crippen molar-refractivity contribution in [3.8, 4) is 5.75 Å². The second-order valence-corrected chi connectivity index (χ2v) is 6.21. The predicted molar refractivity (Wildman–Crippen MR) is 94.9 cm³/mol. The van der Waals surface area contributed by atoms with Crippen molar-refractivity contribution in [1.82, 2.24) is 0 Å². The van der Waals surface area contributed by atoms with Gasteiger partial charge in [-0.15, -0.1) is 0 Å². The maximum atomic E-state index is 12.4. The topological polar surface area (TPSA) is 66.8 Å². The number of rotatable bonds is 5. The number of anilines is 1. The Balaban J connectivity index is 2.12. The smallest absolute Gasteiger partial charge is 0.303 e. The van der Waals surface area contributed by atoms with Crippen molar-refractivity contribution in [2.45, 2.75) is 31.7 Å². The Morgan fingerprint density at radius 3 is 2.48 bits per heavy atom. The highest BCUT2D eigenvalue weighted by Gasteiger charge is 2.41. The highest BCUT2D eigenvalue weighted by molar-refractivity contribution is 5.95. The summed E-state index contributed by atoms with van der Waals surface area (Å²) in [5.41, 5.74) is 2.80. The molecule has 0 radical (unpaired) electrons. The standard InChI is InChI=1S/C20H21NO4/c1-13(22)21-18-10-8-15(25-2)12-17(18)16(9-11-19(23)24)20(21)14-6-4-3-5-7-14/h3-8,10,12,16,20H,9,11H2,1-2H3,(H,23,24). The molecule has 0 spiro atoms. The second kappa shape index (κ2) is 6.97. The summed E-state index contributed by atoms with van der Waals surface area (Å²) >= 11 is 0. The van der Waals surface area contributed by atoms with Crippen LogP contribution in [0, 0.1) is 0 Å². The van der Waals surface area contributed by atoms with Crippen molar-refractivity contribution >= 4 is 17.6 Å². The van der Waals surface area contributed by atoms with Crippen molar-refractivity contribution in [2.24, 2.45) is 0 Å². The van der Waals surface area contributed by atoms with Crippen LogP contribution in [0.4, 0.5) is 5.69 Å². The average Bonchev–Trinajstić information content (AvgIpc) is 2.94. The number of amides is 1. The summed E-state index contributed by atoms with van der Waals surface area (Å²) in [7, 11) is 1.60. The van der Waals surface area contributed by atoms with E-state index in [1.807, 2.05) is 48.5 Å². The Hall–Kier alpha value is -2.82. The molecular weight excluding hydrogens is 318 g/mol. The van der Waals surface area contributed by atoms with Gasteiger partial charge >= 0.3 is 5.97 Å². The summed E-state index contributed by atoms with van der Waals surface area (Å²) in [6.07, 6.45) is 0.509. The quantitative estimate of drug-likeness (QED) is 0.901. The number of nitrogens with zero attached hydrogens (tertiary/aromatic N) is 1. The van der Waals surface area contributed by atoms with Crippen LogP contribution in [0.25, 0.3) is 0 Å². The molecule has 2 unspecified atom stereocenters. The van der Waals surface area contributed by atoms with Crippen molar-refractivity contribution in [1.29, 1.82) is 0 Å². The molecule has 5 nitrogen and oxygen atoms in total. The summed E-state index contributed by atoms with van der Waals surface area (Å²) in [4.78, 5) is 25.3. The van der Waals surface area contributed by atoms with E-state index in [-0.39, 0.29) is 24.3 Å². The Morgan fingerprint density at radius 2 is 1.88 bits per heavy atom. The molecule has 1 amide bonds. The lowest BCUT2D eigenvalue weighted by atomic mass is 9.86. The van der Waals surface area contributed by atoms with Crippen LogP contribution in [0.5, 0.6) is 5.75 Å². The number of aliphatic carboxylic acids is 1. The number of carbonyl (C=O) groups is 2. The van der Waals surface area contributed by atoms with Gasteiger partial charge in [-0.2, -0.15) is 0 Å². The molecule has 130 valence electrons. The molecule has 3 rings (SSSR count). The molecule has 0 aromatic heterocycles. The van der Waals surface area contributed by atoms with Crippen LogP contribution in [-0.2, 0) is 9.59 Å². The van der Waals surface area contributed by atoms with Crippen LogP contribution in [0.1, 0.15) is 42.9 Å². The van der Waals surface area contributed by atoms with E-state index in [0.717, 1.165) is 16.8 Å². The molecule has 1 aliphatic heterocycles. The van der Waals surface area contributed by atoms with E-state index in [2.05, 4.69) is 0 Å². The van der Waals surface area contributed by atoms with Gasteiger partial charge in [-0.1, -0.05) is 30.3 Å². The van der Waals surface area contributed by atoms with Crippen LogP contribution >= 0.6 is 0 Å². The highest BCUT2D eigenvalue weighted by Crippen LogP contribution is 2.51. The van der Waals surface area contributed by atoms with Gasteiger partial charge in [0.25, 0.3) is 0 Å². The Kier molecular flexibility index (Phi) is 4.74. The Labute approximate surface area is 146 Å². The fraction of sp³-hybridized carbons (Fsp3) is 0.300. The third kappa shape index (κ3) is 3.22. The van der Waals surface area contributed by atoms with Crippen LogP contribution in [0.2, 0.25) is 0 Å². The first-order valence-electron chi connectivity index (χ1n) is 8.27. The molecule has 2 aromatic rings. The minimum absolute atomic E-state index is 0.0520. The summed E-state index contributed by atoms with van der Waals surface area (Å²) in [5.74, 6) is -0.278. The van der Waals surface area contributed by atoms with Gasteiger partial charge in [0.05, 0.1) is 13.2 Å². The Morgan fingerprint density at radius 1 is 1.16 bits per heavy atom. The number of carbonyl (C=O) groups excluding carboxylic acids is 1. The number of benzene rings is 2. The first-order chi connectivity index (χ1) is 12.0. The maximum absolute atomic E-state index is 12.4. The molecule has 0 fully saturated rings. The lowest BCUT2D eigenvalue weighted by Gasteiger charge is -2.28. The van der Waals surface area contributed by atoms with Crippen LogP contribution in [0.15, 0.2) is 48.5 Å². The van der Waals surface area contributed by atoms with E-state index >= 15 is 0 Å². The number of hydrogen-bond donors (Lipinski definition) is 1. The summed E-state index contributed by atoms with van der Waals surface area (Å²) in [6, 6.07) is 15.2. The van der Waals surface area contributed by atoms with E-state index in [9.17, 15) is 9.59 Å². The van der Waals surface area contributed by atoms with Gasteiger partial charge in [-0.05, 0) is 35.7 Å². The fourth-order valence-electron chi connectivity index (χ4n) is 3.67. The van der Waals surface area contributed by atoms with E-state index < -0.39 is 5.97 Å². The summed E-state index contributed by atoms with van der Waals surface area (Å²) in [5, 5.41) is 9.15. The molecule has 5 heteroatoms. The molecule has 0 saturated heterocycles. The highest BCUT2D eigenvalue weighted by atomic mass is 16.5. The lowest BCUT2D eigenvalue weighted by Crippen LogP contribution is -2.31. The third-order valence-corrected chi connectivity index (χ3v) is 4.70. The zero-order valence-corrected chi connectivity index (χ0v) is 14.3. The molecule has 0 bridgehead atoms. The van der Waals surface area contributed by atoms with Gasteiger partial charge in [0.1, 0.15) is 5.75 Å². The van der Waals surface area contributed by atoms with Gasteiger partial charge in [-0.25, -0.2) is 0 Å². The monoisotopic (exact) mass is 339 g/mol. The lowest BCUT2D eigenvalue weighted by molar-refractivity contribution is -0.137. The van der Waals surface area contributed by atoms with Gasteiger partial charge in [0, 0.05) is 24.9 Å². The molecule has 1 heterocycles. The number of fused-ring (bicyclic) bond motifs is 1. The molecule has 0 saturated carbocycles. The second-order valence-electron chi connectivity index (χ2n) is 6.21. The SMILES string of the molecule is COc1ccc2c(c1)C(CCC(=O)O)C(c1ccccc1)N2C(C)=O. The Bertz CT molecular complexity index is 788. The molecule has 1 aliphatic rings. The summed E-state index contributed by atoms with van der Waals surface area (Å²) in [6.45, 7) is 1.55. The van der Waals surface area contributed by atoms with Crippen LogP contribution in [0.3, 0.4) is 0 Å². The third-order valence-electron chi connectivity index (χ3n) is 4.70. The van der Waals surface area contributed by atoms with Crippen LogP contribution in [-0.4, -0.2) is 24.1 Å². The maximum Gasteiger partial charge on any atom is 0.303 e. The minimum Gasteiger partial charge on any atom is -0.497 e. The van der Waals surface area contributed by atoms with Crippen molar-refractivity contribution in [3.05, 3.63) is 59.7 Å². The van der Waals surface area contributed by atoms with Gasteiger partial charge < -0.3 is 14.7 Å². The number of ether oxygens (including phenoxy) is 1. The average molecular weight is 339 g/mol. The number of hydrogen-bond acceptors (Lipinski definition) is 3. The molecule has 25 heavy (non-hydrogen) atoms. The summed E-state index contributed by atoms with van der Waals surface area (Å²) < 4.78 is 5.33. The first kappa shape index (κ1) is 17.0. The molecular formula is C20H21NO4. The number of carboxylic acid groups (broad SMARTS) is 1. The number of carboxylic acids is 1. The molecule has 0 aliphatic carbocycles. The zero-order valence-electron chi connectivity index (χ0n) is 14.3. The van der Waals surface area contributed by atoms with Gasteiger partial charge in [-0.3, -0.25) is 9.59 Å². The normalized spacial score (nSPS) is 18.7.